The topological polar surface area (TPSA) is 127 Å². The standard InChI is InChI=1S/C23H21FN4O4/c1-2-14(13-20(29)30)21-19(11-12-26-22(21)25)32-18-9-7-17(8-10-18)28-23(31)27-16-5-3-15(24)4-6-16/h3-13H,2H2,1H3,(H2,25,26)(H,29,30)(H2,27,28,31)/b14-13+. The van der Waals surface area contributed by atoms with Crippen LogP contribution in [-0.4, -0.2) is 22.1 Å². The number of carboxylic acids is 1. The van der Waals surface area contributed by atoms with E-state index in [1.165, 1.54) is 30.5 Å². The number of hydrogen-bond acceptors (Lipinski definition) is 5. The lowest BCUT2D eigenvalue weighted by atomic mass is 10.0. The van der Waals surface area contributed by atoms with Crippen LogP contribution in [0.2, 0.25) is 0 Å². The highest BCUT2D eigenvalue weighted by molar-refractivity contribution is 5.99. The van der Waals surface area contributed by atoms with Gasteiger partial charge < -0.3 is 26.2 Å². The number of anilines is 3. The molecule has 0 aliphatic rings. The lowest BCUT2D eigenvalue weighted by molar-refractivity contribution is -0.131. The number of nitrogen functional groups attached to an aromatic ring is 1. The molecule has 9 heteroatoms. The summed E-state index contributed by atoms with van der Waals surface area (Å²) in [5.41, 5.74) is 7.83. The number of benzene rings is 2. The quantitative estimate of drug-likeness (QED) is 0.381. The van der Waals surface area contributed by atoms with Crippen LogP contribution < -0.4 is 21.1 Å². The molecule has 0 atom stereocenters. The molecule has 0 saturated heterocycles. The number of nitrogens with zero attached hydrogens (tertiary/aromatic N) is 1. The molecule has 3 aromatic rings. The largest absolute Gasteiger partial charge is 0.478 e. The summed E-state index contributed by atoms with van der Waals surface area (Å²) in [4.78, 5) is 27.3. The van der Waals surface area contributed by atoms with E-state index in [0.29, 0.717) is 40.4 Å². The Morgan fingerprint density at radius 1 is 1.06 bits per heavy atom. The van der Waals surface area contributed by atoms with Gasteiger partial charge in [0, 0.05) is 23.6 Å². The summed E-state index contributed by atoms with van der Waals surface area (Å²) in [6.45, 7) is 1.81. The van der Waals surface area contributed by atoms with Gasteiger partial charge in [-0.15, -0.1) is 0 Å². The Hall–Kier alpha value is -4.40. The number of rotatable bonds is 7. The van der Waals surface area contributed by atoms with Crippen molar-refractivity contribution in [2.75, 3.05) is 16.4 Å². The van der Waals surface area contributed by atoms with Crippen molar-refractivity contribution in [1.29, 1.82) is 0 Å². The maximum atomic E-state index is 13.0. The van der Waals surface area contributed by atoms with Crippen LogP contribution in [-0.2, 0) is 4.79 Å². The molecule has 1 heterocycles. The van der Waals surface area contributed by atoms with E-state index in [0.717, 1.165) is 6.08 Å². The summed E-state index contributed by atoms with van der Waals surface area (Å²) < 4.78 is 18.9. The normalized spacial score (nSPS) is 11.0. The third-order valence-corrected chi connectivity index (χ3v) is 4.38. The second kappa shape index (κ2) is 10.1. The Labute approximate surface area is 183 Å². The first kappa shape index (κ1) is 22.3. The molecular weight excluding hydrogens is 415 g/mol. The Morgan fingerprint density at radius 3 is 2.22 bits per heavy atom. The number of carbonyl (C=O) groups is 2. The summed E-state index contributed by atoms with van der Waals surface area (Å²) in [5.74, 6) is -0.512. The predicted molar refractivity (Wildman–Crippen MR) is 120 cm³/mol. The molecule has 0 saturated carbocycles. The molecule has 0 fully saturated rings. The van der Waals surface area contributed by atoms with Gasteiger partial charge in [-0.25, -0.2) is 19.0 Å². The average Bonchev–Trinajstić information content (AvgIpc) is 2.75. The number of urea groups is 1. The zero-order valence-corrected chi connectivity index (χ0v) is 17.1. The van der Waals surface area contributed by atoms with Gasteiger partial charge in [-0.05, 0) is 66.6 Å². The van der Waals surface area contributed by atoms with E-state index in [1.54, 1.807) is 30.3 Å². The van der Waals surface area contributed by atoms with E-state index in [4.69, 9.17) is 15.6 Å². The van der Waals surface area contributed by atoms with Crippen molar-refractivity contribution in [1.82, 2.24) is 4.98 Å². The second-order valence-electron chi connectivity index (χ2n) is 6.64. The maximum Gasteiger partial charge on any atom is 0.328 e. The first-order valence-electron chi connectivity index (χ1n) is 9.65. The third-order valence-electron chi connectivity index (χ3n) is 4.38. The third kappa shape index (κ3) is 5.82. The Morgan fingerprint density at radius 2 is 1.66 bits per heavy atom. The summed E-state index contributed by atoms with van der Waals surface area (Å²) in [6.07, 6.45) is 2.97. The molecule has 0 spiro atoms. The minimum atomic E-state index is -1.09. The fourth-order valence-corrected chi connectivity index (χ4v) is 2.93. The lowest BCUT2D eigenvalue weighted by Crippen LogP contribution is -2.19. The van der Waals surface area contributed by atoms with Crippen LogP contribution in [0.25, 0.3) is 5.57 Å². The van der Waals surface area contributed by atoms with Gasteiger partial charge in [0.05, 0.1) is 5.56 Å². The number of pyridine rings is 1. The van der Waals surface area contributed by atoms with Gasteiger partial charge in [0.25, 0.3) is 0 Å². The van der Waals surface area contributed by atoms with Gasteiger partial charge in [-0.1, -0.05) is 6.92 Å². The molecule has 0 unspecified atom stereocenters. The van der Waals surface area contributed by atoms with Crippen molar-refractivity contribution in [3.8, 4) is 11.5 Å². The molecule has 0 aliphatic carbocycles. The monoisotopic (exact) mass is 436 g/mol. The van der Waals surface area contributed by atoms with Crippen molar-refractivity contribution < 1.29 is 23.8 Å². The number of aromatic nitrogens is 1. The molecule has 164 valence electrons. The number of ether oxygens (including phenoxy) is 1. The zero-order valence-electron chi connectivity index (χ0n) is 17.1. The summed E-state index contributed by atoms with van der Waals surface area (Å²) in [7, 11) is 0. The van der Waals surface area contributed by atoms with Crippen LogP contribution in [0.5, 0.6) is 11.5 Å². The highest BCUT2D eigenvalue weighted by Crippen LogP contribution is 2.35. The summed E-state index contributed by atoms with van der Waals surface area (Å²) in [6, 6.07) is 13.1. The van der Waals surface area contributed by atoms with Crippen LogP contribution in [0.1, 0.15) is 18.9 Å². The van der Waals surface area contributed by atoms with Crippen molar-refractivity contribution >= 4 is 34.8 Å². The Bertz CT molecular complexity index is 1150. The van der Waals surface area contributed by atoms with Gasteiger partial charge in [0.1, 0.15) is 23.1 Å². The first-order chi connectivity index (χ1) is 15.4. The van der Waals surface area contributed by atoms with Crippen LogP contribution in [0.3, 0.4) is 0 Å². The summed E-state index contributed by atoms with van der Waals surface area (Å²) in [5, 5.41) is 14.4. The first-order valence-corrected chi connectivity index (χ1v) is 9.65. The summed E-state index contributed by atoms with van der Waals surface area (Å²) >= 11 is 0. The molecule has 3 rings (SSSR count). The van der Waals surface area contributed by atoms with E-state index in [1.807, 2.05) is 6.92 Å². The molecule has 8 nitrogen and oxygen atoms in total. The SMILES string of the molecule is CC/C(=C\C(=O)O)c1c(Oc2ccc(NC(=O)Nc3ccc(F)cc3)cc2)ccnc1N. The average molecular weight is 436 g/mol. The van der Waals surface area contributed by atoms with E-state index in [-0.39, 0.29) is 5.82 Å². The van der Waals surface area contributed by atoms with Crippen LogP contribution in [0.15, 0.2) is 66.9 Å². The number of aliphatic carboxylic acids is 1. The minimum absolute atomic E-state index is 0.160. The molecule has 1 aromatic heterocycles. The minimum Gasteiger partial charge on any atom is -0.478 e. The maximum absolute atomic E-state index is 13.0. The van der Waals surface area contributed by atoms with Crippen molar-refractivity contribution in [3.63, 3.8) is 0 Å². The van der Waals surface area contributed by atoms with Gasteiger partial charge in [0.15, 0.2) is 0 Å². The Balaban J connectivity index is 1.72. The second-order valence-corrected chi connectivity index (χ2v) is 6.64. The van der Waals surface area contributed by atoms with Crippen molar-refractivity contribution in [2.24, 2.45) is 0 Å². The number of carbonyl (C=O) groups excluding carboxylic acids is 1. The predicted octanol–water partition coefficient (Wildman–Crippen LogP) is 5.12. The molecule has 0 radical (unpaired) electrons. The van der Waals surface area contributed by atoms with Crippen molar-refractivity contribution in [3.05, 3.63) is 78.3 Å². The molecular formula is C23H21FN4O4. The highest BCUT2D eigenvalue weighted by Gasteiger charge is 2.15. The number of amides is 2. The van der Waals surface area contributed by atoms with Crippen molar-refractivity contribution in [2.45, 2.75) is 13.3 Å². The molecule has 0 aliphatic heterocycles. The number of hydrogen-bond donors (Lipinski definition) is 4. The van der Waals surface area contributed by atoms with Gasteiger partial charge >= 0.3 is 12.0 Å². The van der Waals surface area contributed by atoms with E-state index in [2.05, 4.69) is 15.6 Å². The zero-order chi connectivity index (χ0) is 23.1. The van der Waals surface area contributed by atoms with E-state index < -0.39 is 17.8 Å². The van der Waals surface area contributed by atoms with Gasteiger partial charge in [-0.2, -0.15) is 0 Å². The van der Waals surface area contributed by atoms with Crippen LogP contribution in [0.4, 0.5) is 26.4 Å². The molecule has 32 heavy (non-hydrogen) atoms. The number of halogens is 1. The molecule has 5 N–H and O–H groups in total. The van der Waals surface area contributed by atoms with E-state index >= 15 is 0 Å². The molecule has 0 bridgehead atoms. The smallest absolute Gasteiger partial charge is 0.328 e. The van der Waals surface area contributed by atoms with Crippen LogP contribution >= 0.6 is 0 Å². The fraction of sp³-hybridized carbons (Fsp3) is 0.0870. The van der Waals surface area contributed by atoms with Gasteiger partial charge in [-0.3, -0.25) is 0 Å². The number of nitrogens with one attached hydrogen (secondary N) is 2. The Kier molecular flexibility index (Phi) is 7.02. The van der Waals surface area contributed by atoms with Crippen LogP contribution in [0, 0.1) is 5.82 Å². The molecule has 2 amide bonds. The van der Waals surface area contributed by atoms with Gasteiger partial charge in [0.2, 0.25) is 0 Å². The fourth-order valence-electron chi connectivity index (χ4n) is 2.93. The molecule has 2 aromatic carbocycles. The highest BCUT2D eigenvalue weighted by atomic mass is 19.1. The number of allylic oxidation sites excluding steroid dienone is 1. The van der Waals surface area contributed by atoms with E-state index in [9.17, 15) is 14.0 Å². The number of nitrogens with two attached hydrogens (primary N) is 1. The lowest BCUT2D eigenvalue weighted by Gasteiger charge is -2.15. The number of carboxylic acid groups (broad SMARTS) is 1.